The van der Waals surface area contributed by atoms with E-state index in [0.29, 0.717) is 3.92 Å². The molecule has 0 aliphatic heterocycles. The van der Waals surface area contributed by atoms with E-state index in [2.05, 4.69) is 30.5 Å². The van der Waals surface area contributed by atoms with Crippen LogP contribution in [0, 0.1) is 5.13 Å². The molecule has 2 aromatic heterocycles. The second-order valence-corrected chi connectivity index (χ2v) is 4.41. The van der Waals surface area contributed by atoms with E-state index in [-0.39, 0.29) is 5.13 Å². The van der Waals surface area contributed by atoms with Crippen molar-refractivity contribution in [3.05, 3.63) is 26.8 Å². The second kappa shape index (κ2) is 5.28. The van der Waals surface area contributed by atoms with Crippen LogP contribution in [-0.4, -0.2) is 14.6 Å². The van der Waals surface area contributed by atoms with Gasteiger partial charge in [-0.25, -0.2) is 4.98 Å². The Kier molecular flexibility index (Phi) is 4.26. The van der Waals surface area contributed by atoms with Gasteiger partial charge in [-0.3, -0.25) is 0 Å². The molecule has 12 heavy (non-hydrogen) atoms. The van der Waals surface area contributed by atoms with Crippen LogP contribution in [0.3, 0.4) is 0 Å². The fourth-order valence-corrected chi connectivity index (χ4v) is 1.58. The molecular formula is C5H3BrFN3S2. The summed E-state index contributed by atoms with van der Waals surface area (Å²) in [5.74, 6) is 0. The molecule has 0 atom stereocenters. The zero-order chi connectivity index (χ0) is 8.81. The van der Waals surface area contributed by atoms with Gasteiger partial charge in [0.05, 0.1) is 12.4 Å². The van der Waals surface area contributed by atoms with E-state index in [9.17, 15) is 4.39 Å². The first-order valence-corrected chi connectivity index (χ1v) is 5.21. The van der Waals surface area contributed by atoms with Crippen molar-refractivity contribution in [3.8, 4) is 0 Å². The lowest BCUT2D eigenvalue weighted by Gasteiger charge is -1.63. The molecule has 0 saturated heterocycles. The number of halogens is 2. The minimum absolute atomic E-state index is 0.258. The summed E-state index contributed by atoms with van der Waals surface area (Å²) >= 11 is 5.33. The van der Waals surface area contributed by atoms with Gasteiger partial charge < -0.3 is 0 Å². The van der Waals surface area contributed by atoms with E-state index in [1.54, 1.807) is 6.20 Å². The Hall–Kier alpha value is -0.400. The first-order chi connectivity index (χ1) is 5.79. The van der Waals surface area contributed by atoms with Gasteiger partial charge in [0.25, 0.3) is 0 Å². The highest BCUT2D eigenvalue weighted by Gasteiger charge is 1.92. The highest BCUT2D eigenvalue weighted by atomic mass is 79.9. The number of aromatic nitrogens is 3. The van der Waals surface area contributed by atoms with Crippen LogP contribution in [0.25, 0.3) is 0 Å². The second-order valence-electron chi connectivity index (χ2n) is 1.51. The molecule has 0 N–H and O–H groups in total. The van der Waals surface area contributed by atoms with Crippen LogP contribution >= 0.6 is 38.8 Å². The molecule has 0 aliphatic carbocycles. The topological polar surface area (TPSA) is 38.7 Å². The standard InChI is InChI=1S/C3HBrFNS.C2H2N2S/c4-3-6-1-2(5)7-3;1-2-5-4-3-1/h1H;1-2H. The van der Waals surface area contributed by atoms with Gasteiger partial charge in [0, 0.05) is 5.38 Å². The third-order valence-electron chi connectivity index (χ3n) is 0.732. The van der Waals surface area contributed by atoms with Crippen molar-refractivity contribution in [2.75, 3.05) is 0 Å². The summed E-state index contributed by atoms with van der Waals surface area (Å²) in [5, 5.41) is 5.05. The Bertz CT molecular complexity index is 276. The number of nitrogens with zero attached hydrogens (tertiary/aromatic N) is 3. The average Bonchev–Trinajstić information content (AvgIpc) is 2.63. The van der Waals surface area contributed by atoms with Crippen LogP contribution in [0.4, 0.5) is 4.39 Å². The highest BCUT2D eigenvalue weighted by Crippen LogP contribution is 2.15. The lowest BCUT2D eigenvalue weighted by atomic mass is 11.0. The first kappa shape index (κ1) is 9.69. The van der Waals surface area contributed by atoms with Gasteiger partial charge in [0.1, 0.15) is 0 Å². The summed E-state index contributed by atoms with van der Waals surface area (Å²) in [7, 11) is 0. The zero-order valence-electron chi connectivity index (χ0n) is 5.65. The largest absolute Gasteiger partial charge is 0.234 e. The number of hydrogen-bond donors (Lipinski definition) is 0. The van der Waals surface area contributed by atoms with Crippen molar-refractivity contribution < 1.29 is 4.39 Å². The molecule has 0 aromatic carbocycles. The number of hydrogen-bond acceptors (Lipinski definition) is 5. The third-order valence-corrected chi connectivity index (χ3v) is 2.43. The lowest BCUT2D eigenvalue weighted by molar-refractivity contribution is 0.653. The van der Waals surface area contributed by atoms with Crippen molar-refractivity contribution in [1.82, 2.24) is 14.6 Å². The maximum atomic E-state index is 11.9. The van der Waals surface area contributed by atoms with Crippen molar-refractivity contribution in [2.24, 2.45) is 0 Å². The Morgan fingerprint density at radius 2 is 2.33 bits per heavy atom. The van der Waals surface area contributed by atoms with Crippen LogP contribution in [-0.2, 0) is 0 Å². The summed E-state index contributed by atoms with van der Waals surface area (Å²) < 4.78 is 16.0. The molecule has 0 fully saturated rings. The van der Waals surface area contributed by atoms with Crippen molar-refractivity contribution >= 4 is 38.8 Å². The summed E-state index contributed by atoms with van der Waals surface area (Å²) in [6, 6.07) is 0. The fraction of sp³-hybridized carbons (Fsp3) is 0. The van der Waals surface area contributed by atoms with Crippen LogP contribution < -0.4 is 0 Å². The van der Waals surface area contributed by atoms with Gasteiger partial charge in [-0.15, -0.1) is 5.10 Å². The van der Waals surface area contributed by atoms with Gasteiger partial charge >= 0.3 is 0 Å². The molecule has 0 aliphatic rings. The van der Waals surface area contributed by atoms with Crippen molar-refractivity contribution in [3.63, 3.8) is 0 Å². The van der Waals surface area contributed by atoms with E-state index < -0.39 is 0 Å². The molecule has 0 amide bonds. The SMILES string of the molecule is Fc1cnc(Br)s1.c1csnn1. The number of rotatable bonds is 0. The van der Waals surface area contributed by atoms with Crippen LogP contribution in [0.2, 0.25) is 0 Å². The van der Waals surface area contributed by atoms with E-state index >= 15 is 0 Å². The molecule has 0 unspecified atom stereocenters. The predicted molar refractivity (Wildman–Crippen MR) is 49.7 cm³/mol. The molecule has 0 bridgehead atoms. The van der Waals surface area contributed by atoms with E-state index in [4.69, 9.17) is 0 Å². The van der Waals surface area contributed by atoms with Gasteiger partial charge in [-0.1, -0.05) is 15.8 Å². The predicted octanol–water partition coefficient (Wildman–Crippen LogP) is 2.58. The summed E-state index contributed by atoms with van der Waals surface area (Å²) in [5.41, 5.74) is 0. The summed E-state index contributed by atoms with van der Waals surface area (Å²) in [6.07, 6.45) is 2.83. The van der Waals surface area contributed by atoms with Gasteiger partial charge in [-0.05, 0) is 27.5 Å². The van der Waals surface area contributed by atoms with Crippen LogP contribution in [0.5, 0.6) is 0 Å². The van der Waals surface area contributed by atoms with Crippen molar-refractivity contribution in [1.29, 1.82) is 0 Å². The summed E-state index contributed by atoms with van der Waals surface area (Å²) in [6.45, 7) is 0. The van der Waals surface area contributed by atoms with Gasteiger partial charge in [0.15, 0.2) is 9.05 Å². The zero-order valence-corrected chi connectivity index (χ0v) is 8.87. The van der Waals surface area contributed by atoms with Crippen LogP contribution in [0.15, 0.2) is 21.7 Å². The smallest absolute Gasteiger partial charge is 0.197 e. The monoisotopic (exact) mass is 267 g/mol. The minimum Gasteiger partial charge on any atom is -0.234 e. The molecule has 7 heteroatoms. The Labute approximate surface area is 84.6 Å². The normalized spacial score (nSPS) is 8.83. The molecule has 0 spiro atoms. The van der Waals surface area contributed by atoms with Crippen LogP contribution in [0.1, 0.15) is 0 Å². The summed E-state index contributed by atoms with van der Waals surface area (Å²) in [4.78, 5) is 3.58. The Balaban J connectivity index is 0.000000127. The fourth-order valence-electron chi connectivity index (χ4n) is 0.371. The minimum atomic E-state index is -0.258. The molecule has 64 valence electrons. The van der Waals surface area contributed by atoms with Gasteiger partial charge in [0.2, 0.25) is 0 Å². The van der Waals surface area contributed by atoms with Crippen molar-refractivity contribution in [2.45, 2.75) is 0 Å². The Morgan fingerprint density at radius 1 is 1.50 bits per heavy atom. The quantitative estimate of drug-likeness (QED) is 0.737. The molecule has 2 aromatic rings. The Morgan fingerprint density at radius 3 is 2.50 bits per heavy atom. The number of thiazole rings is 1. The molecule has 0 saturated carbocycles. The molecule has 3 nitrogen and oxygen atoms in total. The lowest BCUT2D eigenvalue weighted by Crippen LogP contribution is -1.51. The molecule has 2 heterocycles. The third kappa shape index (κ3) is 3.84. The highest BCUT2D eigenvalue weighted by molar-refractivity contribution is 9.11. The molecular weight excluding hydrogens is 265 g/mol. The maximum Gasteiger partial charge on any atom is 0.197 e. The average molecular weight is 268 g/mol. The van der Waals surface area contributed by atoms with E-state index in [1.165, 1.54) is 17.7 Å². The maximum absolute atomic E-state index is 11.9. The first-order valence-electron chi connectivity index (χ1n) is 2.77. The molecule has 0 radical (unpaired) electrons. The van der Waals surface area contributed by atoms with E-state index in [1.807, 2.05) is 5.38 Å². The molecule has 2 rings (SSSR count). The van der Waals surface area contributed by atoms with Gasteiger partial charge in [-0.2, -0.15) is 4.39 Å². The van der Waals surface area contributed by atoms with E-state index in [0.717, 1.165) is 11.3 Å².